The van der Waals surface area contributed by atoms with Gasteiger partial charge in [-0.2, -0.15) is 8.78 Å². The molecule has 0 aromatic heterocycles. The standard InChI is InChI=1S/C8H9F2NO2/c1-13-8(12)4-2-5(7(9)10)6(11)3-4/h3,6H,2,11H2,1H3/t6-/m0/s1. The van der Waals surface area contributed by atoms with E-state index in [0.717, 1.165) is 0 Å². The second-order valence-electron chi connectivity index (χ2n) is 2.67. The molecule has 0 bridgehead atoms. The fraction of sp³-hybridized carbons (Fsp3) is 0.375. The highest BCUT2D eigenvalue weighted by molar-refractivity contribution is 5.90. The van der Waals surface area contributed by atoms with Gasteiger partial charge in [-0.15, -0.1) is 0 Å². The lowest BCUT2D eigenvalue weighted by Gasteiger charge is -2.00. The van der Waals surface area contributed by atoms with E-state index in [1.54, 1.807) is 0 Å². The van der Waals surface area contributed by atoms with Crippen molar-refractivity contribution in [2.45, 2.75) is 12.5 Å². The van der Waals surface area contributed by atoms with Gasteiger partial charge in [-0.3, -0.25) is 0 Å². The molecule has 0 saturated heterocycles. The number of rotatable bonds is 1. The molecule has 0 aliphatic heterocycles. The monoisotopic (exact) mass is 189 g/mol. The fourth-order valence-corrected chi connectivity index (χ4v) is 1.16. The topological polar surface area (TPSA) is 52.3 Å². The zero-order chi connectivity index (χ0) is 10.0. The molecule has 0 heterocycles. The first-order valence-corrected chi connectivity index (χ1v) is 3.65. The molecule has 0 fully saturated rings. The van der Waals surface area contributed by atoms with Crippen LogP contribution in [-0.2, 0) is 9.53 Å². The number of methoxy groups -OCH3 is 1. The van der Waals surface area contributed by atoms with Crippen molar-refractivity contribution in [2.75, 3.05) is 7.11 Å². The molecule has 13 heavy (non-hydrogen) atoms. The number of halogens is 2. The van der Waals surface area contributed by atoms with Crippen LogP contribution in [0.3, 0.4) is 0 Å². The second-order valence-corrected chi connectivity index (χ2v) is 2.67. The van der Waals surface area contributed by atoms with E-state index in [1.807, 2.05) is 0 Å². The van der Waals surface area contributed by atoms with Gasteiger partial charge in [0.2, 0.25) is 0 Å². The third-order valence-corrected chi connectivity index (χ3v) is 1.85. The summed E-state index contributed by atoms with van der Waals surface area (Å²) in [7, 11) is 1.20. The summed E-state index contributed by atoms with van der Waals surface area (Å²) in [4.78, 5) is 10.9. The maximum atomic E-state index is 12.1. The van der Waals surface area contributed by atoms with Gasteiger partial charge in [0.05, 0.1) is 13.2 Å². The Balaban J connectivity index is 2.83. The van der Waals surface area contributed by atoms with Crippen molar-refractivity contribution in [3.05, 3.63) is 23.3 Å². The van der Waals surface area contributed by atoms with E-state index < -0.39 is 18.1 Å². The Kier molecular flexibility index (Phi) is 2.77. The third-order valence-electron chi connectivity index (χ3n) is 1.85. The number of nitrogens with two attached hydrogens (primary N) is 1. The van der Waals surface area contributed by atoms with Gasteiger partial charge in [0, 0.05) is 17.6 Å². The minimum atomic E-state index is -1.82. The molecule has 0 saturated carbocycles. The van der Waals surface area contributed by atoms with Crippen molar-refractivity contribution in [3.63, 3.8) is 0 Å². The zero-order valence-electron chi connectivity index (χ0n) is 7.01. The van der Waals surface area contributed by atoms with E-state index >= 15 is 0 Å². The van der Waals surface area contributed by atoms with Crippen LogP contribution in [0.2, 0.25) is 0 Å². The molecular formula is C8H9F2NO2. The number of hydrogen-bond acceptors (Lipinski definition) is 3. The lowest BCUT2D eigenvalue weighted by molar-refractivity contribution is -0.136. The third kappa shape index (κ3) is 1.92. The highest BCUT2D eigenvalue weighted by Crippen LogP contribution is 2.27. The normalized spacial score (nSPS) is 21.4. The number of hydrogen-bond donors (Lipinski definition) is 1. The number of carbonyl (C=O) groups is 1. The predicted molar refractivity (Wildman–Crippen MR) is 41.9 cm³/mol. The first-order valence-electron chi connectivity index (χ1n) is 3.65. The van der Waals surface area contributed by atoms with Crippen LogP contribution in [-0.4, -0.2) is 19.1 Å². The Labute approximate surface area is 73.9 Å². The summed E-state index contributed by atoms with van der Waals surface area (Å²) in [6.07, 6.45) is -0.640. The van der Waals surface area contributed by atoms with Crippen molar-refractivity contribution in [1.82, 2.24) is 0 Å². The average molecular weight is 189 g/mol. The lowest BCUT2D eigenvalue weighted by Crippen LogP contribution is -2.16. The Morgan fingerprint density at radius 2 is 2.31 bits per heavy atom. The molecule has 1 atom stereocenters. The van der Waals surface area contributed by atoms with Crippen LogP contribution in [0.4, 0.5) is 8.78 Å². The van der Waals surface area contributed by atoms with Crippen molar-refractivity contribution in [1.29, 1.82) is 0 Å². The minimum absolute atomic E-state index is 0.115. The van der Waals surface area contributed by atoms with E-state index in [-0.39, 0.29) is 17.6 Å². The van der Waals surface area contributed by atoms with Gasteiger partial charge in [0.15, 0.2) is 0 Å². The molecule has 0 aromatic carbocycles. The van der Waals surface area contributed by atoms with Gasteiger partial charge in [-0.1, -0.05) is 6.08 Å². The molecule has 0 amide bonds. The second kappa shape index (κ2) is 3.66. The van der Waals surface area contributed by atoms with Crippen LogP contribution in [0.1, 0.15) is 6.42 Å². The van der Waals surface area contributed by atoms with Crippen LogP contribution in [0, 0.1) is 0 Å². The van der Waals surface area contributed by atoms with Gasteiger partial charge in [-0.25, -0.2) is 4.79 Å². The molecule has 1 aliphatic rings. The fourth-order valence-electron chi connectivity index (χ4n) is 1.16. The predicted octanol–water partition coefficient (Wildman–Crippen LogP) is 0.967. The van der Waals surface area contributed by atoms with Crippen LogP contribution in [0.15, 0.2) is 23.3 Å². The van der Waals surface area contributed by atoms with Gasteiger partial charge in [-0.05, 0) is 0 Å². The highest BCUT2D eigenvalue weighted by atomic mass is 19.3. The Bertz CT molecular complexity index is 293. The van der Waals surface area contributed by atoms with E-state index in [0.29, 0.717) is 0 Å². The molecular weight excluding hydrogens is 180 g/mol. The SMILES string of the molecule is COC(=O)C1=C[C@H](N)C(=C(F)F)C1. The minimum Gasteiger partial charge on any atom is -0.466 e. The van der Waals surface area contributed by atoms with E-state index in [9.17, 15) is 13.6 Å². The molecule has 5 heteroatoms. The molecule has 2 N–H and O–H groups in total. The Morgan fingerprint density at radius 1 is 1.69 bits per heavy atom. The van der Waals surface area contributed by atoms with Crippen LogP contribution < -0.4 is 5.73 Å². The van der Waals surface area contributed by atoms with Crippen molar-refractivity contribution in [3.8, 4) is 0 Å². The number of esters is 1. The molecule has 1 rings (SSSR count). The number of ether oxygens (including phenoxy) is 1. The summed E-state index contributed by atoms with van der Waals surface area (Å²) in [6, 6.07) is -0.862. The first kappa shape index (κ1) is 9.85. The summed E-state index contributed by atoms with van der Waals surface area (Å²) in [5.41, 5.74) is 5.33. The summed E-state index contributed by atoms with van der Waals surface area (Å²) >= 11 is 0. The molecule has 72 valence electrons. The summed E-state index contributed by atoms with van der Waals surface area (Å²) < 4.78 is 28.7. The highest BCUT2D eigenvalue weighted by Gasteiger charge is 2.26. The van der Waals surface area contributed by atoms with Gasteiger partial charge in [0.25, 0.3) is 6.08 Å². The van der Waals surface area contributed by atoms with Crippen LogP contribution in [0.5, 0.6) is 0 Å². The van der Waals surface area contributed by atoms with E-state index in [4.69, 9.17) is 5.73 Å². The summed E-state index contributed by atoms with van der Waals surface area (Å²) in [6.45, 7) is 0. The Hall–Kier alpha value is -1.23. The van der Waals surface area contributed by atoms with Crippen molar-refractivity contribution in [2.24, 2.45) is 5.73 Å². The van der Waals surface area contributed by atoms with E-state index in [2.05, 4.69) is 4.74 Å². The first-order chi connectivity index (χ1) is 6.06. The molecule has 0 radical (unpaired) electrons. The van der Waals surface area contributed by atoms with Gasteiger partial charge >= 0.3 is 5.97 Å². The van der Waals surface area contributed by atoms with Gasteiger partial charge in [0.1, 0.15) is 0 Å². The smallest absolute Gasteiger partial charge is 0.333 e. The molecule has 1 aliphatic carbocycles. The summed E-state index contributed by atoms with van der Waals surface area (Å²) in [5.74, 6) is -0.605. The van der Waals surface area contributed by atoms with Crippen molar-refractivity contribution < 1.29 is 18.3 Å². The number of carbonyl (C=O) groups excluding carboxylic acids is 1. The maximum absolute atomic E-state index is 12.1. The molecule has 3 nitrogen and oxygen atoms in total. The quantitative estimate of drug-likeness (QED) is 0.625. The van der Waals surface area contributed by atoms with E-state index in [1.165, 1.54) is 13.2 Å². The van der Waals surface area contributed by atoms with Crippen LogP contribution in [0.25, 0.3) is 0 Å². The van der Waals surface area contributed by atoms with Gasteiger partial charge < -0.3 is 10.5 Å². The molecule has 0 unspecified atom stereocenters. The largest absolute Gasteiger partial charge is 0.466 e. The molecule has 0 aromatic rings. The Morgan fingerprint density at radius 3 is 2.69 bits per heavy atom. The van der Waals surface area contributed by atoms with Crippen molar-refractivity contribution >= 4 is 5.97 Å². The molecule has 0 spiro atoms. The average Bonchev–Trinajstić information content (AvgIpc) is 2.46. The summed E-state index contributed by atoms with van der Waals surface area (Å²) in [5, 5.41) is 0. The van der Waals surface area contributed by atoms with Crippen LogP contribution >= 0.6 is 0 Å². The maximum Gasteiger partial charge on any atom is 0.333 e. The zero-order valence-corrected chi connectivity index (χ0v) is 7.01. The lowest BCUT2D eigenvalue weighted by atomic mass is 10.1.